The highest BCUT2D eigenvalue weighted by Crippen LogP contribution is 2.47. The van der Waals surface area contributed by atoms with Gasteiger partial charge in [0, 0.05) is 19.0 Å². The molecule has 1 saturated heterocycles. The summed E-state index contributed by atoms with van der Waals surface area (Å²) in [4.78, 5) is 29.9. The number of carbonyl (C=O) groups excluding carboxylic acids is 2. The highest BCUT2D eigenvalue weighted by atomic mass is 16.5. The van der Waals surface area contributed by atoms with Crippen LogP contribution in [0.2, 0.25) is 0 Å². The van der Waals surface area contributed by atoms with Gasteiger partial charge in [0.1, 0.15) is 0 Å². The minimum atomic E-state index is -0.497. The minimum Gasteiger partial charge on any atom is -0.469 e. The summed E-state index contributed by atoms with van der Waals surface area (Å²) in [5, 5.41) is 3.76. The molecule has 2 aliphatic rings. The van der Waals surface area contributed by atoms with E-state index in [1.807, 2.05) is 6.92 Å². The molecule has 3 rings (SSSR count). The number of amides is 1. The molecule has 1 amide bonds. The molecule has 2 heterocycles. The van der Waals surface area contributed by atoms with Crippen molar-refractivity contribution in [3.05, 3.63) is 11.7 Å². The van der Waals surface area contributed by atoms with Gasteiger partial charge in [-0.05, 0) is 26.7 Å². The second kappa shape index (κ2) is 4.82. The first-order chi connectivity index (χ1) is 9.93. The highest BCUT2D eigenvalue weighted by Gasteiger charge is 2.52. The van der Waals surface area contributed by atoms with Crippen molar-refractivity contribution in [2.75, 3.05) is 20.2 Å². The fourth-order valence-electron chi connectivity index (χ4n) is 3.17. The Bertz CT molecular complexity index is 571. The molecule has 1 aromatic heterocycles. The lowest BCUT2D eigenvalue weighted by Gasteiger charge is -2.46. The molecule has 7 heteroatoms. The molecule has 1 aromatic rings. The van der Waals surface area contributed by atoms with Crippen molar-refractivity contribution >= 4 is 11.9 Å². The maximum absolute atomic E-state index is 12.3. The fraction of sp³-hybridized carbons (Fsp3) is 0.714. The summed E-state index contributed by atoms with van der Waals surface area (Å²) in [5.41, 5.74) is -0.497. The van der Waals surface area contributed by atoms with Gasteiger partial charge in [-0.3, -0.25) is 9.59 Å². The van der Waals surface area contributed by atoms with Crippen molar-refractivity contribution in [3.8, 4) is 0 Å². The molecule has 7 nitrogen and oxygen atoms in total. The van der Waals surface area contributed by atoms with E-state index in [0.717, 1.165) is 0 Å². The van der Waals surface area contributed by atoms with E-state index in [4.69, 9.17) is 9.26 Å². The number of hydrogen-bond donors (Lipinski definition) is 0. The Kier molecular flexibility index (Phi) is 3.22. The molecule has 0 N–H and O–H groups in total. The highest BCUT2D eigenvalue weighted by molar-refractivity contribution is 5.86. The molecule has 1 aliphatic carbocycles. The van der Waals surface area contributed by atoms with E-state index in [9.17, 15) is 9.59 Å². The number of likely N-dealkylation sites (tertiary alicyclic amines) is 1. The van der Waals surface area contributed by atoms with Crippen molar-refractivity contribution in [1.82, 2.24) is 15.0 Å². The van der Waals surface area contributed by atoms with E-state index < -0.39 is 5.41 Å². The summed E-state index contributed by atoms with van der Waals surface area (Å²) in [6.45, 7) is 4.86. The summed E-state index contributed by atoms with van der Waals surface area (Å²) >= 11 is 0. The Morgan fingerprint density at radius 2 is 2.05 bits per heavy atom. The number of hydrogen-bond acceptors (Lipinski definition) is 6. The number of nitrogens with zero attached hydrogens (tertiary/aromatic N) is 3. The van der Waals surface area contributed by atoms with Crippen molar-refractivity contribution in [2.24, 2.45) is 11.3 Å². The number of carbonyl (C=O) groups is 2. The van der Waals surface area contributed by atoms with Gasteiger partial charge in [0.2, 0.25) is 11.8 Å². The van der Waals surface area contributed by atoms with Crippen LogP contribution in [0.15, 0.2) is 4.52 Å². The average molecular weight is 293 g/mol. The summed E-state index contributed by atoms with van der Waals surface area (Å²) in [6, 6.07) is 0. The maximum atomic E-state index is 12.3. The zero-order valence-corrected chi connectivity index (χ0v) is 12.5. The van der Waals surface area contributed by atoms with Crippen LogP contribution < -0.4 is 0 Å². The third-order valence-corrected chi connectivity index (χ3v) is 4.51. The van der Waals surface area contributed by atoms with Crippen LogP contribution in [0.1, 0.15) is 37.4 Å². The number of esters is 1. The van der Waals surface area contributed by atoms with E-state index in [2.05, 4.69) is 10.1 Å². The Morgan fingerprint density at radius 1 is 1.38 bits per heavy atom. The van der Waals surface area contributed by atoms with Crippen LogP contribution in [0.3, 0.4) is 0 Å². The van der Waals surface area contributed by atoms with Crippen LogP contribution in [-0.4, -0.2) is 47.1 Å². The molecule has 2 fully saturated rings. The van der Waals surface area contributed by atoms with Gasteiger partial charge in [0.15, 0.2) is 5.82 Å². The van der Waals surface area contributed by atoms with Gasteiger partial charge in [0.25, 0.3) is 0 Å². The third-order valence-electron chi connectivity index (χ3n) is 4.51. The zero-order chi connectivity index (χ0) is 15.2. The summed E-state index contributed by atoms with van der Waals surface area (Å²) in [7, 11) is 1.38. The van der Waals surface area contributed by atoms with E-state index in [-0.39, 0.29) is 23.7 Å². The standard InChI is InChI=1S/C14H19N3O4/c1-8-15-11(21-16-8)10-6-17(7-10)12(18)9-4-14(2,5-9)13(19)20-3/h9-10H,4-7H2,1-3H3. The van der Waals surface area contributed by atoms with Crippen LogP contribution in [0, 0.1) is 18.3 Å². The number of ether oxygens (including phenoxy) is 1. The lowest BCUT2D eigenvalue weighted by molar-refractivity contribution is -0.166. The van der Waals surface area contributed by atoms with Gasteiger partial charge in [-0.25, -0.2) is 0 Å². The number of aromatic nitrogens is 2. The van der Waals surface area contributed by atoms with E-state index in [1.165, 1.54) is 7.11 Å². The number of aryl methyl sites for hydroxylation is 1. The first-order valence-electron chi connectivity index (χ1n) is 7.10. The lowest BCUT2D eigenvalue weighted by atomic mass is 9.62. The van der Waals surface area contributed by atoms with Crippen LogP contribution in [0.25, 0.3) is 0 Å². The summed E-state index contributed by atoms with van der Waals surface area (Å²) in [5.74, 6) is 1.17. The maximum Gasteiger partial charge on any atom is 0.311 e. The van der Waals surface area contributed by atoms with Gasteiger partial charge in [0.05, 0.1) is 18.4 Å². The number of methoxy groups -OCH3 is 1. The smallest absolute Gasteiger partial charge is 0.311 e. The second-order valence-electron chi connectivity index (χ2n) is 6.28. The molecule has 0 spiro atoms. The van der Waals surface area contributed by atoms with Crippen molar-refractivity contribution in [1.29, 1.82) is 0 Å². The lowest BCUT2D eigenvalue weighted by Crippen LogP contribution is -2.55. The normalized spacial score (nSPS) is 28.7. The predicted molar refractivity (Wildman–Crippen MR) is 71.2 cm³/mol. The van der Waals surface area contributed by atoms with Gasteiger partial charge < -0.3 is 14.2 Å². The third kappa shape index (κ3) is 2.30. The molecule has 0 radical (unpaired) electrons. The topological polar surface area (TPSA) is 85.5 Å². The quantitative estimate of drug-likeness (QED) is 0.769. The van der Waals surface area contributed by atoms with Gasteiger partial charge >= 0.3 is 5.97 Å². The largest absolute Gasteiger partial charge is 0.469 e. The minimum absolute atomic E-state index is 0.0699. The molecule has 114 valence electrons. The molecule has 1 saturated carbocycles. The van der Waals surface area contributed by atoms with Gasteiger partial charge in [-0.1, -0.05) is 5.16 Å². The molecule has 1 aliphatic heterocycles. The van der Waals surface area contributed by atoms with Gasteiger partial charge in [-0.15, -0.1) is 0 Å². The SMILES string of the molecule is COC(=O)C1(C)CC(C(=O)N2CC(c3nc(C)no3)C2)C1. The fourth-order valence-corrected chi connectivity index (χ4v) is 3.17. The van der Waals surface area contributed by atoms with Crippen molar-refractivity contribution < 1.29 is 18.8 Å². The molecule has 0 bridgehead atoms. The first-order valence-corrected chi connectivity index (χ1v) is 7.10. The van der Waals surface area contributed by atoms with E-state index in [1.54, 1.807) is 11.8 Å². The van der Waals surface area contributed by atoms with E-state index >= 15 is 0 Å². The molecular formula is C14H19N3O4. The Labute approximate surface area is 122 Å². The zero-order valence-electron chi connectivity index (χ0n) is 12.5. The Hall–Kier alpha value is -1.92. The Morgan fingerprint density at radius 3 is 2.57 bits per heavy atom. The summed E-state index contributed by atoms with van der Waals surface area (Å²) < 4.78 is 9.89. The average Bonchev–Trinajstić information content (AvgIpc) is 2.78. The predicted octanol–water partition coefficient (Wildman–Crippen LogP) is 0.893. The van der Waals surface area contributed by atoms with Crippen molar-refractivity contribution in [2.45, 2.75) is 32.6 Å². The molecular weight excluding hydrogens is 274 g/mol. The molecule has 21 heavy (non-hydrogen) atoms. The van der Waals surface area contributed by atoms with Crippen LogP contribution in [0.4, 0.5) is 0 Å². The Balaban J connectivity index is 1.50. The van der Waals surface area contributed by atoms with Gasteiger partial charge in [-0.2, -0.15) is 4.98 Å². The summed E-state index contributed by atoms with van der Waals surface area (Å²) in [6.07, 6.45) is 1.14. The van der Waals surface area contributed by atoms with Crippen LogP contribution in [0.5, 0.6) is 0 Å². The molecule has 0 atom stereocenters. The molecule has 0 unspecified atom stereocenters. The monoisotopic (exact) mass is 293 g/mol. The van der Waals surface area contributed by atoms with Crippen LogP contribution in [-0.2, 0) is 14.3 Å². The van der Waals surface area contributed by atoms with Crippen molar-refractivity contribution in [3.63, 3.8) is 0 Å². The number of rotatable bonds is 3. The van der Waals surface area contributed by atoms with E-state index in [0.29, 0.717) is 37.6 Å². The second-order valence-corrected chi connectivity index (χ2v) is 6.28. The molecule has 0 aromatic carbocycles. The van der Waals surface area contributed by atoms with Crippen LogP contribution >= 0.6 is 0 Å². The first kappa shape index (κ1) is 14.0.